The summed E-state index contributed by atoms with van der Waals surface area (Å²) in [5.74, 6) is -1.48. The second-order valence-corrected chi connectivity index (χ2v) is 10.6. The molecular formula is C31H22Cl2F6N2O3. The topological polar surface area (TPSA) is 79.3 Å². The van der Waals surface area contributed by atoms with Gasteiger partial charge in [-0.25, -0.2) is 0 Å². The molecule has 13 heteroatoms. The monoisotopic (exact) mass is 654 g/mol. The smallest absolute Gasteiger partial charge is 0.417 e. The number of carboxylic acid groups (broad SMARTS) is 1. The number of carbonyl (C=O) groups excluding carboxylic acids is 1. The first-order valence-corrected chi connectivity index (χ1v) is 13.7. The first-order chi connectivity index (χ1) is 20.6. The molecule has 230 valence electrons. The number of carbonyl (C=O) groups is 2. The van der Waals surface area contributed by atoms with E-state index in [4.69, 9.17) is 28.3 Å². The Morgan fingerprint density at radius 2 is 1.52 bits per heavy atom. The van der Waals surface area contributed by atoms with Crippen molar-refractivity contribution >= 4 is 40.6 Å². The molecule has 0 aliphatic rings. The van der Waals surface area contributed by atoms with Gasteiger partial charge in [-0.15, -0.1) is 0 Å². The maximum Gasteiger partial charge on any atom is 0.417 e. The molecule has 0 aliphatic heterocycles. The van der Waals surface area contributed by atoms with Crippen LogP contribution >= 0.6 is 23.2 Å². The number of benzene rings is 3. The zero-order valence-corrected chi connectivity index (χ0v) is 24.0. The number of aliphatic carboxylic acids is 1. The van der Waals surface area contributed by atoms with E-state index in [2.05, 4.69) is 10.3 Å². The summed E-state index contributed by atoms with van der Waals surface area (Å²) >= 11 is 12.0. The molecular weight excluding hydrogens is 633 g/mol. The lowest BCUT2D eigenvalue weighted by molar-refractivity contribution is -0.138. The molecule has 0 spiro atoms. The van der Waals surface area contributed by atoms with Crippen LogP contribution in [0.15, 0.2) is 72.9 Å². The summed E-state index contributed by atoms with van der Waals surface area (Å²) in [5, 5.41) is 11.9. The van der Waals surface area contributed by atoms with Gasteiger partial charge in [-0.2, -0.15) is 26.3 Å². The summed E-state index contributed by atoms with van der Waals surface area (Å²) in [6, 6.07) is 13.3. The first kappa shape index (κ1) is 32.8. The molecule has 44 heavy (non-hydrogen) atoms. The quantitative estimate of drug-likeness (QED) is 0.131. The van der Waals surface area contributed by atoms with Crippen molar-refractivity contribution in [3.05, 3.63) is 105 Å². The maximum atomic E-state index is 14.1. The molecule has 0 fully saturated rings. The number of ketones is 1. The van der Waals surface area contributed by atoms with Crippen LogP contribution in [0.25, 0.3) is 22.3 Å². The van der Waals surface area contributed by atoms with Crippen LogP contribution in [0, 0.1) is 0 Å². The summed E-state index contributed by atoms with van der Waals surface area (Å²) in [6.07, 6.45) is -8.38. The summed E-state index contributed by atoms with van der Waals surface area (Å²) in [7, 11) is 0. The van der Waals surface area contributed by atoms with Crippen LogP contribution in [-0.2, 0) is 23.7 Å². The highest BCUT2D eigenvalue weighted by atomic mass is 35.5. The summed E-state index contributed by atoms with van der Waals surface area (Å²) in [6.45, 7) is -0.151. The lowest BCUT2D eigenvalue weighted by atomic mass is 9.96. The molecule has 0 atom stereocenters. The van der Waals surface area contributed by atoms with Crippen molar-refractivity contribution in [3.8, 4) is 22.3 Å². The molecule has 1 heterocycles. The van der Waals surface area contributed by atoms with Crippen molar-refractivity contribution in [2.75, 3.05) is 5.32 Å². The van der Waals surface area contributed by atoms with Crippen molar-refractivity contribution in [1.29, 1.82) is 0 Å². The molecule has 1 aromatic heterocycles. The van der Waals surface area contributed by atoms with Crippen molar-refractivity contribution < 1.29 is 41.0 Å². The average molecular weight is 655 g/mol. The maximum absolute atomic E-state index is 14.1. The van der Waals surface area contributed by atoms with E-state index in [1.54, 1.807) is 0 Å². The molecule has 2 N–H and O–H groups in total. The van der Waals surface area contributed by atoms with E-state index < -0.39 is 35.2 Å². The Morgan fingerprint density at radius 3 is 2.14 bits per heavy atom. The summed E-state index contributed by atoms with van der Waals surface area (Å²) in [5.41, 5.74) is -1.26. The van der Waals surface area contributed by atoms with Crippen molar-refractivity contribution in [3.63, 3.8) is 0 Å². The van der Waals surface area contributed by atoms with Crippen molar-refractivity contribution in [2.45, 2.75) is 38.2 Å². The number of nitrogens with one attached hydrogen (secondary N) is 1. The molecule has 4 aromatic rings. The highest BCUT2D eigenvalue weighted by molar-refractivity contribution is 6.36. The fourth-order valence-corrected chi connectivity index (χ4v) is 4.96. The van der Waals surface area contributed by atoms with E-state index >= 15 is 0 Å². The van der Waals surface area contributed by atoms with Gasteiger partial charge in [0.05, 0.1) is 11.1 Å². The molecule has 3 aromatic carbocycles. The Balaban J connectivity index is 1.64. The van der Waals surface area contributed by atoms with Gasteiger partial charge in [0.2, 0.25) is 0 Å². The number of hydrogen-bond acceptors (Lipinski definition) is 4. The van der Waals surface area contributed by atoms with Gasteiger partial charge in [0.1, 0.15) is 5.69 Å². The molecule has 0 saturated carbocycles. The number of nitrogens with zero attached hydrogens (tertiary/aromatic N) is 1. The van der Waals surface area contributed by atoms with Crippen LogP contribution in [-0.4, -0.2) is 21.8 Å². The predicted molar refractivity (Wildman–Crippen MR) is 155 cm³/mol. The molecule has 0 unspecified atom stereocenters. The Hall–Kier alpha value is -4.09. The highest BCUT2D eigenvalue weighted by Gasteiger charge is 2.35. The second kappa shape index (κ2) is 13.3. The minimum absolute atomic E-state index is 0.0198. The Labute approximate surface area is 257 Å². The van der Waals surface area contributed by atoms with Crippen molar-refractivity contribution in [1.82, 2.24) is 4.98 Å². The van der Waals surface area contributed by atoms with Crippen LogP contribution in [0.5, 0.6) is 0 Å². The minimum atomic E-state index is -4.76. The van der Waals surface area contributed by atoms with Crippen LogP contribution in [0.4, 0.5) is 32.0 Å². The third kappa shape index (κ3) is 8.09. The SMILES string of the molecule is O=C(O)CCCC(=O)c1ccc(-c2cc(C(F)(F)F)ccc2CNc2ccc(-c3ccc(Cl)cc3Cl)c(C(F)(F)F)c2)cn1. The van der Waals surface area contributed by atoms with Gasteiger partial charge in [0.25, 0.3) is 0 Å². The van der Waals surface area contributed by atoms with Gasteiger partial charge < -0.3 is 10.4 Å². The largest absolute Gasteiger partial charge is 0.481 e. The number of alkyl halides is 6. The number of carboxylic acids is 1. The number of pyridine rings is 1. The normalized spacial score (nSPS) is 11.8. The number of halogens is 8. The van der Waals surface area contributed by atoms with Crippen LogP contribution in [0.2, 0.25) is 10.0 Å². The molecule has 0 saturated heterocycles. The van der Waals surface area contributed by atoms with E-state index in [1.807, 2.05) is 0 Å². The van der Waals surface area contributed by atoms with Gasteiger partial charge in [-0.3, -0.25) is 14.6 Å². The van der Waals surface area contributed by atoms with Gasteiger partial charge >= 0.3 is 18.3 Å². The van der Waals surface area contributed by atoms with Crippen molar-refractivity contribution in [2.24, 2.45) is 0 Å². The van der Waals surface area contributed by atoms with E-state index in [-0.39, 0.29) is 69.5 Å². The van der Waals surface area contributed by atoms with Crippen LogP contribution < -0.4 is 5.32 Å². The third-order valence-corrected chi connectivity index (χ3v) is 7.17. The van der Waals surface area contributed by atoms with Gasteiger partial charge in [-0.1, -0.05) is 47.5 Å². The highest BCUT2D eigenvalue weighted by Crippen LogP contribution is 2.42. The van der Waals surface area contributed by atoms with Gasteiger partial charge in [0.15, 0.2) is 5.78 Å². The predicted octanol–water partition coefficient (Wildman–Crippen LogP) is 9.81. The Bertz CT molecular complexity index is 1690. The fourth-order valence-electron chi connectivity index (χ4n) is 4.45. The fraction of sp³-hybridized carbons (Fsp3) is 0.194. The lowest BCUT2D eigenvalue weighted by Crippen LogP contribution is -2.10. The van der Waals surface area contributed by atoms with Gasteiger partial charge in [0, 0.05) is 52.4 Å². The first-order valence-electron chi connectivity index (χ1n) is 13.0. The van der Waals surface area contributed by atoms with Crippen LogP contribution in [0.3, 0.4) is 0 Å². The molecule has 0 aliphatic carbocycles. The number of hydrogen-bond donors (Lipinski definition) is 2. The molecule has 5 nitrogen and oxygen atoms in total. The number of Topliss-reactive ketones (excluding diaryl/α,β-unsaturated/α-hetero) is 1. The molecule has 0 bridgehead atoms. The average Bonchev–Trinajstić information content (AvgIpc) is 2.95. The minimum Gasteiger partial charge on any atom is -0.481 e. The van der Waals surface area contributed by atoms with E-state index in [0.717, 1.165) is 18.2 Å². The zero-order chi connectivity index (χ0) is 32.2. The lowest BCUT2D eigenvalue weighted by Gasteiger charge is -2.18. The Kier molecular flexibility index (Phi) is 9.90. The number of aromatic nitrogens is 1. The molecule has 4 rings (SSSR count). The van der Waals surface area contributed by atoms with E-state index in [0.29, 0.717) is 5.56 Å². The standard InChI is InChI=1S/C31H22Cl2F6N2O3/c32-20-7-9-23(26(33)13-20)22-10-8-21(14-25(22)31(37,38)39)40-15-17-4-6-19(30(34,35)36)12-24(17)18-5-11-27(41-16-18)28(42)2-1-3-29(43)44/h4-14,16,40H,1-3,15H2,(H,43,44). The molecule has 0 amide bonds. The summed E-state index contributed by atoms with van der Waals surface area (Å²) < 4.78 is 82.9. The third-order valence-electron chi connectivity index (χ3n) is 6.62. The van der Waals surface area contributed by atoms with Crippen LogP contribution in [0.1, 0.15) is 46.4 Å². The zero-order valence-electron chi connectivity index (χ0n) is 22.5. The van der Waals surface area contributed by atoms with Gasteiger partial charge in [-0.05, 0) is 65.6 Å². The Morgan fingerprint density at radius 1 is 0.795 bits per heavy atom. The molecule has 0 radical (unpaired) electrons. The second-order valence-electron chi connectivity index (χ2n) is 9.71. The number of rotatable bonds is 10. The summed E-state index contributed by atoms with van der Waals surface area (Å²) in [4.78, 5) is 27.1. The van der Waals surface area contributed by atoms with E-state index in [9.17, 15) is 35.9 Å². The van der Waals surface area contributed by atoms with E-state index in [1.165, 1.54) is 54.7 Å². The number of anilines is 1.